The third-order valence-corrected chi connectivity index (χ3v) is 7.46. The second-order valence-electron chi connectivity index (χ2n) is 5.99. The highest BCUT2D eigenvalue weighted by atomic mass is 32.2. The monoisotopic (exact) mass is 384 g/mol. The third-order valence-electron chi connectivity index (χ3n) is 4.07. The van der Waals surface area contributed by atoms with Crippen LogP contribution in [0.15, 0.2) is 40.3 Å². The number of aryl methyl sites for hydroxylation is 2. The van der Waals surface area contributed by atoms with Crippen molar-refractivity contribution in [2.75, 3.05) is 17.8 Å². The van der Waals surface area contributed by atoms with Crippen LogP contribution in [0.1, 0.15) is 18.5 Å². The number of nitrogens with one attached hydrogen (secondary N) is 1. The van der Waals surface area contributed by atoms with Crippen molar-refractivity contribution in [2.45, 2.75) is 29.6 Å². The van der Waals surface area contributed by atoms with E-state index in [-0.39, 0.29) is 9.79 Å². The van der Waals surface area contributed by atoms with Crippen LogP contribution in [0.3, 0.4) is 0 Å². The summed E-state index contributed by atoms with van der Waals surface area (Å²) in [7, 11) is -5.65. The maximum atomic E-state index is 12.5. The Hall–Kier alpha value is -1.91. The highest BCUT2D eigenvalue weighted by molar-refractivity contribution is 7.92. The molecule has 0 spiro atoms. The molecule has 1 aromatic carbocycles. The first-order valence-corrected chi connectivity index (χ1v) is 10.8. The molecular formula is C15H20N4O4S2. The van der Waals surface area contributed by atoms with E-state index in [9.17, 15) is 16.8 Å². The summed E-state index contributed by atoms with van der Waals surface area (Å²) in [6.45, 7) is 2.66. The fourth-order valence-corrected chi connectivity index (χ4v) is 5.62. The Labute approximate surface area is 147 Å². The molecule has 1 aliphatic rings. The Morgan fingerprint density at radius 1 is 1.04 bits per heavy atom. The Morgan fingerprint density at radius 3 is 2.16 bits per heavy atom. The predicted octanol–water partition coefficient (Wildman–Crippen LogP) is 1.31. The van der Waals surface area contributed by atoms with Gasteiger partial charge in [0.15, 0.2) is 0 Å². The van der Waals surface area contributed by atoms with Crippen LogP contribution in [-0.4, -0.2) is 44.0 Å². The molecule has 0 radical (unpaired) electrons. The molecule has 2 aromatic rings. The molecule has 1 fully saturated rings. The minimum absolute atomic E-state index is 0.0868. The van der Waals surface area contributed by atoms with Crippen LogP contribution in [0.2, 0.25) is 0 Å². The van der Waals surface area contributed by atoms with Crippen molar-refractivity contribution in [2.24, 2.45) is 7.05 Å². The topological polar surface area (TPSA) is 101 Å². The Morgan fingerprint density at radius 2 is 1.64 bits per heavy atom. The van der Waals surface area contributed by atoms with Gasteiger partial charge in [-0.2, -0.15) is 9.40 Å². The molecule has 0 amide bonds. The first kappa shape index (κ1) is 17.9. The molecule has 0 atom stereocenters. The minimum Gasteiger partial charge on any atom is -0.280 e. The van der Waals surface area contributed by atoms with Gasteiger partial charge in [0.05, 0.1) is 10.6 Å². The van der Waals surface area contributed by atoms with Crippen molar-refractivity contribution in [3.05, 3.63) is 36.2 Å². The lowest BCUT2D eigenvalue weighted by atomic mass is 10.3. The molecule has 2 heterocycles. The van der Waals surface area contributed by atoms with Crippen LogP contribution in [-0.2, 0) is 27.1 Å². The zero-order valence-corrected chi connectivity index (χ0v) is 15.6. The van der Waals surface area contributed by atoms with Gasteiger partial charge in [-0.1, -0.05) is 0 Å². The predicted molar refractivity (Wildman–Crippen MR) is 93.2 cm³/mol. The maximum Gasteiger partial charge on any atom is 0.265 e. The Balaban J connectivity index is 1.82. The minimum atomic E-state index is -3.78. The number of hydrogen-bond donors (Lipinski definition) is 1. The highest BCUT2D eigenvalue weighted by Crippen LogP contribution is 2.23. The molecule has 1 saturated heterocycles. The summed E-state index contributed by atoms with van der Waals surface area (Å²) in [5, 5.41) is 4.02. The van der Waals surface area contributed by atoms with Crippen molar-refractivity contribution >= 4 is 25.7 Å². The van der Waals surface area contributed by atoms with Gasteiger partial charge in [-0.25, -0.2) is 16.8 Å². The second kappa shape index (κ2) is 6.43. The number of hydrogen-bond acceptors (Lipinski definition) is 5. The van der Waals surface area contributed by atoms with Crippen LogP contribution >= 0.6 is 0 Å². The van der Waals surface area contributed by atoms with Crippen molar-refractivity contribution in [3.8, 4) is 0 Å². The highest BCUT2D eigenvalue weighted by Gasteiger charge is 2.27. The Bertz CT molecular complexity index is 973. The SMILES string of the molecule is Cc1nn(C)cc1S(=O)(=O)Nc1ccc(S(=O)(=O)N2CCCC2)cc1. The number of nitrogens with zero attached hydrogens (tertiary/aromatic N) is 3. The lowest BCUT2D eigenvalue weighted by molar-refractivity contribution is 0.477. The fraction of sp³-hybridized carbons (Fsp3) is 0.400. The molecule has 1 aliphatic heterocycles. The molecule has 0 bridgehead atoms. The fourth-order valence-electron chi connectivity index (χ4n) is 2.82. The summed E-state index contributed by atoms with van der Waals surface area (Å²) < 4.78 is 55.1. The van der Waals surface area contributed by atoms with Crippen LogP contribution in [0.4, 0.5) is 5.69 Å². The lowest BCUT2D eigenvalue weighted by Crippen LogP contribution is -2.27. The van der Waals surface area contributed by atoms with Gasteiger partial charge >= 0.3 is 0 Å². The third kappa shape index (κ3) is 3.55. The zero-order chi connectivity index (χ0) is 18.2. The van der Waals surface area contributed by atoms with E-state index in [0.717, 1.165) is 12.8 Å². The van der Waals surface area contributed by atoms with E-state index in [1.54, 1.807) is 14.0 Å². The zero-order valence-electron chi connectivity index (χ0n) is 14.0. The van der Waals surface area contributed by atoms with Gasteiger partial charge in [-0.05, 0) is 44.0 Å². The molecule has 0 unspecified atom stereocenters. The maximum absolute atomic E-state index is 12.5. The van der Waals surface area contributed by atoms with Crippen molar-refractivity contribution in [1.82, 2.24) is 14.1 Å². The van der Waals surface area contributed by atoms with Crippen molar-refractivity contribution < 1.29 is 16.8 Å². The summed E-state index contributed by atoms with van der Waals surface area (Å²) in [6.07, 6.45) is 3.15. The van der Waals surface area contributed by atoms with E-state index < -0.39 is 20.0 Å². The largest absolute Gasteiger partial charge is 0.280 e. The normalized spacial score (nSPS) is 16.2. The van der Waals surface area contributed by atoms with E-state index in [0.29, 0.717) is 24.5 Å². The van der Waals surface area contributed by atoms with Gasteiger partial charge in [0.2, 0.25) is 10.0 Å². The summed E-state index contributed by atoms with van der Waals surface area (Å²) >= 11 is 0. The average molecular weight is 384 g/mol. The van der Waals surface area contributed by atoms with Crippen molar-refractivity contribution in [1.29, 1.82) is 0 Å². The summed E-state index contributed by atoms with van der Waals surface area (Å²) in [4.78, 5) is 0.249. The first-order chi connectivity index (χ1) is 11.7. The standard InChI is InChI=1S/C15H20N4O4S2/c1-12-15(11-18(2)16-12)24(20,21)17-13-5-7-14(8-6-13)25(22,23)19-9-3-4-10-19/h5-8,11,17H,3-4,9-10H2,1-2H3. The number of aromatic nitrogens is 2. The molecule has 136 valence electrons. The van der Waals surface area contributed by atoms with Crippen LogP contribution < -0.4 is 4.72 Å². The second-order valence-corrected chi connectivity index (χ2v) is 9.58. The Kier molecular flexibility index (Phi) is 4.60. The first-order valence-electron chi connectivity index (χ1n) is 7.83. The molecule has 1 aromatic heterocycles. The van der Waals surface area contributed by atoms with Gasteiger partial charge in [0.1, 0.15) is 4.90 Å². The number of sulfonamides is 2. The van der Waals surface area contributed by atoms with E-state index in [1.165, 1.54) is 39.4 Å². The molecule has 0 saturated carbocycles. The lowest BCUT2D eigenvalue weighted by Gasteiger charge is -2.15. The summed E-state index contributed by atoms with van der Waals surface area (Å²) in [5.41, 5.74) is 0.687. The van der Waals surface area contributed by atoms with E-state index in [1.807, 2.05) is 0 Å². The molecule has 0 aliphatic carbocycles. The molecule has 3 rings (SSSR count). The van der Waals surface area contributed by atoms with Crippen LogP contribution in [0, 0.1) is 6.92 Å². The smallest absolute Gasteiger partial charge is 0.265 e. The van der Waals surface area contributed by atoms with Gasteiger partial charge in [-0.3, -0.25) is 9.40 Å². The van der Waals surface area contributed by atoms with Gasteiger partial charge in [0, 0.05) is 32.0 Å². The van der Waals surface area contributed by atoms with E-state index in [4.69, 9.17) is 0 Å². The summed E-state index contributed by atoms with van der Waals surface area (Å²) in [5.74, 6) is 0. The van der Waals surface area contributed by atoms with Crippen LogP contribution in [0.25, 0.3) is 0 Å². The number of anilines is 1. The summed E-state index contributed by atoms with van der Waals surface area (Å²) in [6, 6.07) is 5.74. The van der Waals surface area contributed by atoms with Crippen LogP contribution in [0.5, 0.6) is 0 Å². The molecule has 10 heteroatoms. The number of rotatable bonds is 5. The average Bonchev–Trinajstić information content (AvgIpc) is 3.17. The van der Waals surface area contributed by atoms with E-state index >= 15 is 0 Å². The van der Waals surface area contributed by atoms with E-state index in [2.05, 4.69) is 9.82 Å². The quantitative estimate of drug-likeness (QED) is 0.838. The van der Waals surface area contributed by atoms with Crippen molar-refractivity contribution in [3.63, 3.8) is 0 Å². The molecule has 8 nitrogen and oxygen atoms in total. The molecule has 1 N–H and O–H groups in total. The number of benzene rings is 1. The van der Waals surface area contributed by atoms with Gasteiger partial charge in [0.25, 0.3) is 10.0 Å². The van der Waals surface area contributed by atoms with Gasteiger partial charge in [-0.15, -0.1) is 0 Å². The molecule has 25 heavy (non-hydrogen) atoms. The van der Waals surface area contributed by atoms with Gasteiger partial charge < -0.3 is 0 Å². The molecular weight excluding hydrogens is 364 g/mol.